The summed E-state index contributed by atoms with van der Waals surface area (Å²) in [6.45, 7) is 8.79. The second kappa shape index (κ2) is 9.38. The third-order valence-corrected chi connectivity index (χ3v) is 9.23. The first kappa shape index (κ1) is 24.5. The molecule has 1 N–H and O–H groups in total. The van der Waals surface area contributed by atoms with E-state index in [-0.39, 0.29) is 30.4 Å². The van der Waals surface area contributed by atoms with Crippen LogP contribution in [0.3, 0.4) is 0 Å². The predicted octanol–water partition coefficient (Wildman–Crippen LogP) is 6.01. The second-order valence-corrected chi connectivity index (χ2v) is 11.9. The van der Waals surface area contributed by atoms with Crippen LogP contribution < -0.4 is 0 Å². The first-order chi connectivity index (χ1) is 16.8. The Hall–Kier alpha value is -2.14. The molecule has 1 spiro atoms. The molecule has 6 atom stereocenters. The third kappa shape index (κ3) is 3.94. The summed E-state index contributed by atoms with van der Waals surface area (Å²) in [6, 6.07) is 0. The van der Waals surface area contributed by atoms with Gasteiger partial charge in [0.25, 0.3) is 0 Å². The molecule has 0 aromatic rings. The number of aliphatic hydroxyl groups is 1. The Morgan fingerprint density at radius 2 is 1.94 bits per heavy atom. The maximum Gasteiger partial charge on any atom is 0.340 e. The third-order valence-electron chi connectivity index (χ3n) is 9.23. The molecule has 6 rings (SSSR count). The molecule has 6 aliphatic rings. The van der Waals surface area contributed by atoms with E-state index in [0.717, 1.165) is 67.4 Å². The highest BCUT2D eigenvalue weighted by atomic mass is 16.5. The molecule has 2 aliphatic heterocycles. The average Bonchev–Trinajstić information content (AvgIpc) is 3.33. The van der Waals surface area contributed by atoms with Crippen molar-refractivity contribution in [2.75, 3.05) is 6.61 Å². The van der Waals surface area contributed by atoms with Gasteiger partial charge in [-0.05, 0) is 86.7 Å². The molecule has 1 saturated carbocycles. The number of hydrogen-bond acceptors (Lipinski definition) is 5. The van der Waals surface area contributed by atoms with Crippen LogP contribution in [0.4, 0.5) is 0 Å². The van der Waals surface area contributed by atoms with Gasteiger partial charge in [0.15, 0.2) is 0 Å². The summed E-state index contributed by atoms with van der Waals surface area (Å²) in [5.74, 6) is 2.71. The lowest BCUT2D eigenvalue weighted by molar-refractivity contribution is -0.135. The molecule has 0 amide bonds. The topological polar surface area (TPSA) is 72.8 Å². The molecule has 35 heavy (non-hydrogen) atoms. The molecule has 1 saturated heterocycles. The zero-order chi connectivity index (χ0) is 24.9. The van der Waals surface area contributed by atoms with Crippen molar-refractivity contribution in [2.24, 2.45) is 40.9 Å². The van der Waals surface area contributed by atoms with Crippen LogP contribution in [-0.4, -0.2) is 23.7 Å². The number of aliphatic hydroxyl groups excluding tert-OH is 1. The zero-order valence-corrected chi connectivity index (χ0v) is 21.6. The molecule has 190 valence electrons. The van der Waals surface area contributed by atoms with Crippen LogP contribution in [0.25, 0.3) is 0 Å². The normalized spacial score (nSPS) is 35.1. The Balaban J connectivity index is 1.58. The van der Waals surface area contributed by atoms with Crippen LogP contribution in [0.1, 0.15) is 79.1 Å². The van der Waals surface area contributed by atoms with Gasteiger partial charge in [0, 0.05) is 29.2 Å². The molecule has 4 aliphatic carbocycles. The lowest BCUT2D eigenvalue weighted by Gasteiger charge is -2.54. The van der Waals surface area contributed by atoms with Crippen LogP contribution in [0, 0.1) is 40.9 Å². The Kier molecular flexibility index (Phi) is 6.58. The van der Waals surface area contributed by atoms with Crippen molar-refractivity contribution in [2.45, 2.75) is 79.1 Å². The van der Waals surface area contributed by atoms with E-state index >= 15 is 0 Å². The van der Waals surface area contributed by atoms with Gasteiger partial charge in [-0.1, -0.05) is 40.2 Å². The van der Waals surface area contributed by atoms with Gasteiger partial charge in [-0.3, -0.25) is 0 Å². The van der Waals surface area contributed by atoms with E-state index in [9.17, 15) is 14.7 Å². The van der Waals surface area contributed by atoms with E-state index in [2.05, 4.69) is 32.9 Å². The van der Waals surface area contributed by atoms with Crippen molar-refractivity contribution in [3.05, 3.63) is 46.5 Å². The minimum absolute atomic E-state index is 0.0565. The minimum atomic E-state index is -0.532. The lowest BCUT2D eigenvalue weighted by Crippen LogP contribution is -2.50. The molecule has 5 heteroatoms. The number of hydrogen-bond donors (Lipinski definition) is 1. The fourth-order valence-electron chi connectivity index (χ4n) is 7.25. The number of carbonyl (C=O) groups is 2. The zero-order valence-electron chi connectivity index (χ0n) is 21.6. The van der Waals surface area contributed by atoms with Gasteiger partial charge in [0.2, 0.25) is 0 Å². The number of cyclic esters (lactones) is 2. The van der Waals surface area contributed by atoms with E-state index in [1.807, 2.05) is 13.0 Å². The molecule has 0 unspecified atom stereocenters. The minimum Gasteiger partial charge on any atom is -0.427 e. The molecule has 0 aromatic heterocycles. The Morgan fingerprint density at radius 3 is 2.66 bits per heavy atom. The van der Waals surface area contributed by atoms with Crippen molar-refractivity contribution in [3.8, 4) is 0 Å². The van der Waals surface area contributed by atoms with Crippen LogP contribution in [-0.2, 0) is 19.1 Å². The quantitative estimate of drug-likeness (QED) is 0.431. The van der Waals surface area contributed by atoms with Crippen molar-refractivity contribution in [3.63, 3.8) is 0 Å². The van der Waals surface area contributed by atoms with Crippen molar-refractivity contribution in [1.82, 2.24) is 0 Å². The number of ether oxygens (including phenoxy) is 2. The van der Waals surface area contributed by atoms with Crippen LogP contribution in [0.5, 0.6) is 0 Å². The predicted molar refractivity (Wildman–Crippen MR) is 134 cm³/mol. The fraction of sp³-hybridized carbons (Fsp3) is 0.667. The van der Waals surface area contributed by atoms with Crippen molar-refractivity contribution < 1.29 is 24.2 Å². The summed E-state index contributed by atoms with van der Waals surface area (Å²) in [7, 11) is 0. The Labute approximate surface area is 209 Å². The van der Waals surface area contributed by atoms with Gasteiger partial charge in [-0.2, -0.15) is 0 Å². The first-order valence-electron chi connectivity index (χ1n) is 13.7. The van der Waals surface area contributed by atoms with E-state index in [1.165, 1.54) is 0 Å². The Morgan fingerprint density at radius 1 is 1.14 bits per heavy atom. The lowest BCUT2D eigenvalue weighted by atomic mass is 9.46. The molecule has 2 bridgehead atoms. The largest absolute Gasteiger partial charge is 0.427 e. The SMILES string of the molecule is CC[C@H](/C=C1\OC(=O)C2=C[C@@H]3CC[C@@]21[C@H]1C2=C(CC[C@@H]31)C(=CC[C@H](C)CO)OC2=O)CCC(C)C. The number of rotatable bonds is 8. The smallest absolute Gasteiger partial charge is 0.340 e. The molecule has 0 aromatic carbocycles. The molecule has 5 nitrogen and oxygen atoms in total. The van der Waals surface area contributed by atoms with Crippen LogP contribution in [0.15, 0.2) is 46.5 Å². The highest BCUT2D eigenvalue weighted by Gasteiger charge is 2.66. The molecule has 2 heterocycles. The van der Waals surface area contributed by atoms with Gasteiger partial charge in [-0.25, -0.2) is 9.59 Å². The van der Waals surface area contributed by atoms with Crippen molar-refractivity contribution >= 4 is 11.9 Å². The van der Waals surface area contributed by atoms with Gasteiger partial charge in [0.1, 0.15) is 11.5 Å². The van der Waals surface area contributed by atoms with Gasteiger partial charge >= 0.3 is 11.9 Å². The molecule has 2 fully saturated rings. The average molecular weight is 481 g/mol. The van der Waals surface area contributed by atoms with E-state index in [4.69, 9.17) is 9.47 Å². The summed E-state index contributed by atoms with van der Waals surface area (Å²) >= 11 is 0. The van der Waals surface area contributed by atoms with E-state index < -0.39 is 5.41 Å². The molecular weight excluding hydrogens is 440 g/mol. The Bertz CT molecular complexity index is 1030. The number of allylic oxidation sites excluding steroid dienone is 5. The standard InChI is InChI=1S/C30H40O5/c1-5-19(8-6-17(2)3)14-25-30-13-12-20(15-23(30)28(32)35-25)21-9-10-22-24(11-7-18(4)16-31)34-29(33)26(22)27(21)30/h11,14-15,17-21,27,31H,5-10,12-13,16H2,1-4H3/b24-11?,25-14-/t18-,19-,20-,21-,27+,30+/m0/s1. The monoisotopic (exact) mass is 480 g/mol. The van der Waals surface area contributed by atoms with Crippen LogP contribution >= 0.6 is 0 Å². The van der Waals surface area contributed by atoms with Crippen LogP contribution in [0.2, 0.25) is 0 Å². The summed E-state index contributed by atoms with van der Waals surface area (Å²) in [6.07, 6.45) is 14.0. The van der Waals surface area contributed by atoms with E-state index in [0.29, 0.717) is 35.9 Å². The summed E-state index contributed by atoms with van der Waals surface area (Å²) in [5.41, 5.74) is 2.07. The fourth-order valence-corrected chi connectivity index (χ4v) is 7.25. The highest BCUT2D eigenvalue weighted by molar-refractivity contribution is 5.99. The van der Waals surface area contributed by atoms with Gasteiger partial charge in [-0.15, -0.1) is 0 Å². The number of fused-ring (bicyclic) bond motifs is 1. The summed E-state index contributed by atoms with van der Waals surface area (Å²) in [5, 5.41) is 9.43. The second-order valence-electron chi connectivity index (χ2n) is 11.9. The molecular formula is C30H40O5. The number of carbonyl (C=O) groups excluding carboxylic acids is 2. The van der Waals surface area contributed by atoms with Gasteiger partial charge < -0.3 is 14.6 Å². The first-order valence-corrected chi connectivity index (χ1v) is 13.7. The van der Waals surface area contributed by atoms with Gasteiger partial charge in [0.05, 0.1) is 5.41 Å². The molecule has 0 radical (unpaired) electrons. The van der Waals surface area contributed by atoms with E-state index in [1.54, 1.807) is 0 Å². The van der Waals surface area contributed by atoms with Crippen molar-refractivity contribution in [1.29, 1.82) is 0 Å². The maximum atomic E-state index is 13.4. The summed E-state index contributed by atoms with van der Waals surface area (Å²) in [4.78, 5) is 26.5. The summed E-state index contributed by atoms with van der Waals surface area (Å²) < 4.78 is 11.9. The maximum absolute atomic E-state index is 13.4. The highest BCUT2D eigenvalue weighted by Crippen LogP contribution is 2.68. The number of esters is 2.